The molecule has 5 heteroatoms. The van der Waals surface area contributed by atoms with Crippen molar-refractivity contribution in [2.75, 3.05) is 6.54 Å². The number of aliphatic hydroxyl groups excluding tert-OH is 1. The maximum Gasteiger partial charge on any atom is 0.230 e. The Morgan fingerprint density at radius 2 is 1.88 bits per heavy atom. The van der Waals surface area contributed by atoms with Gasteiger partial charge >= 0.3 is 0 Å². The Bertz CT molecular complexity index is 745. The van der Waals surface area contributed by atoms with Crippen LogP contribution in [0.2, 0.25) is 0 Å². The molecule has 0 bridgehead atoms. The van der Waals surface area contributed by atoms with Gasteiger partial charge in [0.05, 0.1) is 11.5 Å². The van der Waals surface area contributed by atoms with Crippen molar-refractivity contribution >= 4 is 5.91 Å². The van der Waals surface area contributed by atoms with E-state index in [1.165, 1.54) is 12.1 Å². The summed E-state index contributed by atoms with van der Waals surface area (Å²) in [6.45, 7) is 0.291. The van der Waals surface area contributed by atoms with Gasteiger partial charge in [-0.15, -0.1) is 0 Å². The molecule has 2 aromatic carbocycles. The fourth-order valence-corrected chi connectivity index (χ4v) is 3.36. The van der Waals surface area contributed by atoms with Crippen LogP contribution >= 0.6 is 0 Å². The van der Waals surface area contributed by atoms with Crippen LogP contribution in [0, 0.1) is 11.6 Å². The van der Waals surface area contributed by atoms with Gasteiger partial charge in [-0.1, -0.05) is 42.8 Å². The first-order chi connectivity index (χ1) is 12.0. The predicted molar refractivity (Wildman–Crippen MR) is 90.9 cm³/mol. The van der Waals surface area contributed by atoms with Gasteiger partial charge in [0.2, 0.25) is 5.91 Å². The number of halogens is 2. The second-order valence-corrected chi connectivity index (χ2v) is 6.53. The highest BCUT2D eigenvalue weighted by Crippen LogP contribution is 2.45. The molecule has 1 fully saturated rings. The zero-order chi connectivity index (χ0) is 17.9. The molecule has 1 aliphatic rings. The Kier molecular flexibility index (Phi) is 5.13. The van der Waals surface area contributed by atoms with E-state index in [1.54, 1.807) is 0 Å². The average molecular weight is 345 g/mol. The Hall–Kier alpha value is -2.27. The van der Waals surface area contributed by atoms with Crippen LogP contribution in [0.5, 0.6) is 0 Å². The number of benzene rings is 2. The molecule has 0 aromatic heterocycles. The van der Waals surface area contributed by atoms with E-state index < -0.39 is 23.2 Å². The molecule has 1 unspecified atom stereocenters. The summed E-state index contributed by atoms with van der Waals surface area (Å²) in [5.74, 6) is -1.59. The maximum atomic E-state index is 14.1. The summed E-state index contributed by atoms with van der Waals surface area (Å²) < 4.78 is 27.3. The minimum atomic E-state index is -0.921. The van der Waals surface area contributed by atoms with Crippen molar-refractivity contribution in [2.24, 2.45) is 0 Å². The smallest absolute Gasteiger partial charge is 0.230 e. The third kappa shape index (κ3) is 3.56. The lowest BCUT2D eigenvalue weighted by Gasteiger charge is -2.40. The number of carbonyl (C=O) groups excluding carboxylic acids is 1. The molecule has 1 saturated carbocycles. The highest BCUT2D eigenvalue weighted by molar-refractivity contribution is 5.89. The normalized spacial score (nSPS) is 16.8. The third-order valence-electron chi connectivity index (χ3n) is 4.98. The zero-order valence-corrected chi connectivity index (χ0v) is 13.8. The Morgan fingerprint density at radius 3 is 2.48 bits per heavy atom. The SMILES string of the molecule is O=C(NCCC(O)c1ccccc1)C1(c2ccc(F)cc2F)CCC1. The predicted octanol–water partition coefficient (Wildman–Crippen LogP) is 3.63. The van der Waals surface area contributed by atoms with Crippen molar-refractivity contribution in [3.8, 4) is 0 Å². The molecule has 1 aliphatic carbocycles. The first-order valence-electron chi connectivity index (χ1n) is 8.50. The first kappa shape index (κ1) is 17.5. The van der Waals surface area contributed by atoms with E-state index in [4.69, 9.17) is 0 Å². The second-order valence-electron chi connectivity index (χ2n) is 6.53. The van der Waals surface area contributed by atoms with Gasteiger partial charge in [-0.3, -0.25) is 4.79 Å². The van der Waals surface area contributed by atoms with Crippen LogP contribution in [0.1, 0.15) is 42.9 Å². The van der Waals surface area contributed by atoms with Gasteiger partial charge in [0.25, 0.3) is 0 Å². The highest BCUT2D eigenvalue weighted by atomic mass is 19.1. The molecule has 25 heavy (non-hydrogen) atoms. The topological polar surface area (TPSA) is 49.3 Å². The van der Waals surface area contributed by atoms with Gasteiger partial charge in [-0.25, -0.2) is 8.78 Å². The number of aliphatic hydroxyl groups is 1. The number of hydrogen-bond donors (Lipinski definition) is 2. The lowest BCUT2D eigenvalue weighted by Crippen LogP contribution is -2.50. The van der Waals surface area contributed by atoms with Crippen LogP contribution in [-0.2, 0) is 10.2 Å². The van der Waals surface area contributed by atoms with Crippen LogP contribution < -0.4 is 5.32 Å². The van der Waals surface area contributed by atoms with Crippen LogP contribution in [0.3, 0.4) is 0 Å². The standard InChI is InChI=1S/C20H21F2NO2/c21-15-7-8-16(17(22)13-15)20(10-4-11-20)19(25)23-12-9-18(24)14-5-2-1-3-6-14/h1-3,5-8,13,18,24H,4,9-12H2,(H,23,25). The van der Waals surface area contributed by atoms with Gasteiger partial charge < -0.3 is 10.4 Å². The van der Waals surface area contributed by atoms with E-state index in [0.717, 1.165) is 18.1 Å². The van der Waals surface area contributed by atoms with Gasteiger partial charge in [0.1, 0.15) is 11.6 Å². The fourth-order valence-electron chi connectivity index (χ4n) is 3.36. The summed E-state index contributed by atoms with van der Waals surface area (Å²) in [6, 6.07) is 12.6. The van der Waals surface area contributed by atoms with Crippen molar-refractivity contribution in [2.45, 2.75) is 37.2 Å². The number of nitrogens with one attached hydrogen (secondary N) is 1. The van der Waals surface area contributed by atoms with Crippen LogP contribution in [0.15, 0.2) is 48.5 Å². The summed E-state index contributed by atoms with van der Waals surface area (Å²) in [6.07, 6.45) is 1.63. The van der Waals surface area contributed by atoms with E-state index in [9.17, 15) is 18.7 Å². The summed E-state index contributed by atoms with van der Waals surface area (Å²) in [4.78, 5) is 12.6. The number of carbonyl (C=O) groups is 1. The van der Waals surface area contributed by atoms with Crippen molar-refractivity contribution < 1.29 is 18.7 Å². The highest BCUT2D eigenvalue weighted by Gasteiger charge is 2.47. The van der Waals surface area contributed by atoms with E-state index in [-0.39, 0.29) is 11.5 Å². The van der Waals surface area contributed by atoms with Crippen molar-refractivity contribution in [1.82, 2.24) is 5.32 Å². The molecule has 3 nitrogen and oxygen atoms in total. The zero-order valence-electron chi connectivity index (χ0n) is 13.8. The lowest BCUT2D eigenvalue weighted by molar-refractivity contribution is -0.130. The number of hydrogen-bond acceptors (Lipinski definition) is 2. The van der Waals surface area contributed by atoms with Crippen molar-refractivity contribution in [3.63, 3.8) is 0 Å². The molecule has 0 spiro atoms. The molecule has 0 saturated heterocycles. The molecular weight excluding hydrogens is 324 g/mol. The molecule has 1 amide bonds. The van der Waals surface area contributed by atoms with Gasteiger partial charge in [0, 0.05) is 18.2 Å². The molecule has 0 aliphatic heterocycles. The van der Waals surface area contributed by atoms with Crippen molar-refractivity contribution in [3.05, 3.63) is 71.3 Å². The maximum absolute atomic E-state index is 14.1. The third-order valence-corrected chi connectivity index (χ3v) is 4.98. The Morgan fingerprint density at radius 1 is 1.16 bits per heavy atom. The summed E-state index contributed by atoms with van der Waals surface area (Å²) in [5, 5.41) is 13.0. The molecule has 0 radical (unpaired) electrons. The Labute approximate surface area is 145 Å². The van der Waals surface area contributed by atoms with E-state index in [1.807, 2.05) is 30.3 Å². The van der Waals surface area contributed by atoms with Crippen LogP contribution in [0.4, 0.5) is 8.78 Å². The van der Waals surface area contributed by atoms with Crippen molar-refractivity contribution in [1.29, 1.82) is 0 Å². The van der Waals surface area contributed by atoms with Gasteiger partial charge in [-0.05, 0) is 30.9 Å². The second kappa shape index (κ2) is 7.31. The minimum absolute atomic E-state index is 0.251. The molecule has 0 heterocycles. The minimum Gasteiger partial charge on any atom is -0.388 e. The molecule has 3 rings (SSSR count). The van der Waals surface area contributed by atoms with Crippen LogP contribution in [-0.4, -0.2) is 17.6 Å². The average Bonchev–Trinajstić information content (AvgIpc) is 2.56. The monoisotopic (exact) mass is 345 g/mol. The molecule has 132 valence electrons. The number of amides is 1. The molecular formula is C20H21F2NO2. The van der Waals surface area contributed by atoms with Gasteiger partial charge in [0.15, 0.2) is 0 Å². The first-order valence-corrected chi connectivity index (χ1v) is 8.50. The largest absolute Gasteiger partial charge is 0.388 e. The van der Waals surface area contributed by atoms with Crippen LogP contribution in [0.25, 0.3) is 0 Å². The molecule has 2 aromatic rings. The summed E-state index contributed by atoms with van der Waals surface area (Å²) in [7, 11) is 0. The van der Waals surface area contributed by atoms with E-state index >= 15 is 0 Å². The summed E-state index contributed by atoms with van der Waals surface area (Å²) >= 11 is 0. The quantitative estimate of drug-likeness (QED) is 0.840. The van der Waals surface area contributed by atoms with E-state index in [2.05, 4.69) is 5.32 Å². The Balaban J connectivity index is 1.63. The molecule has 2 N–H and O–H groups in total. The lowest BCUT2D eigenvalue weighted by atomic mass is 9.63. The summed E-state index contributed by atoms with van der Waals surface area (Å²) in [5.41, 5.74) is 0.121. The molecule has 1 atom stereocenters. The van der Waals surface area contributed by atoms with E-state index in [0.29, 0.717) is 25.8 Å². The number of rotatable bonds is 6. The van der Waals surface area contributed by atoms with Gasteiger partial charge in [-0.2, -0.15) is 0 Å². The fraction of sp³-hybridized carbons (Fsp3) is 0.350.